The number of pyridine rings is 1. The van der Waals surface area contributed by atoms with Gasteiger partial charge in [0.25, 0.3) is 5.91 Å². The molecule has 1 amide bonds. The van der Waals surface area contributed by atoms with E-state index in [0.29, 0.717) is 5.69 Å². The highest BCUT2D eigenvalue weighted by Gasteiger charge is 2.19. The van der Waals surface area contributed by atoms with Gasteiger partial charge in [0.15, 0.2) is 0 Å². The lowest BCUT2D eigenvalue weighted by molar-refractivity contribution is 0.0946. The SMILES string of the molecule is CCCCCNC(=O)c1c(CC)nc2c(C)cc(Br)cn12. The number of rotatable bonds is 6. The van der Waals surface area contributed by atoms with E-state index in [1.807, 2.05) is 30.5 Å². The van der Waals surface area contributed by atoms with Crippen LogP contribution in [0.25, 0.3) is 5.65 Å². The van der Waals surface area contributed by atoms with Crippen LogP contribution in [0.1, 0.15) is 54.9 Å². The number of carbonyl (C=O) groups is 1. The molecule has 0 aliphatic rings. The van der Waals surface area contributed by atoms with Crippen molar-refractivity contribution in [2.45, 2.75) is 46.5 Å². The van der Waals surface area contributed by atoms with Gasteiger partial charge in [0.05, 0.1) is 5.69 Å². The summed E-state index contributed by atoms with van der Waals surface area (Å²) in [5, 5.41) is 3.01. The quantitative estimate of drug-likeness (QED) is 0.802. The molecule has 0 aliphatic carbocycles. The number of carbonyl (C=O) groups excluding carboxylic acids is 1. The smallest absolute Gasteiger partial charge is 0.270 e. The third-order valence-electron chi connectivity index (χ3n) is 3.56. The standard InChI is InChI=1S/C16H22BrN3O/c1-4-6-7-8-18-16(21)14-13(5-2)19-15-11(3)9-12(17)10-20(14)15/h9-10H,4-8H2,1-3H3,(H,18,21). The summed E-state index contributed by atoms with van der Waals surface area (Å²) in [6.07, 6.45) is 5.96. The molecule has 2 heterocycles. The number of amides is 1. The van der Waals surface area contributed by atoms with E-state index < -0.39 is 0 Å². The largest absolute Gasteiger partial charge is 0.351 e. The molecule has 0 bridgehead atoms. The Bertz CT molecular complexity index is 648. The number of fused-ring (bicyclic) bond motifs is 1. The number of aryl methyl sites for hydroxylation is 2. The summed E-state index contributed by atoms with van der Waals surface area (Å²) in [5.74, 6) is -0.0343. The van der Waals surface area contributed by atoms with Crippen molar-refractivity contribution in [1.82, 2.24) is 14.7 Å². The van der Waals surface area contributed by atoms with Gasteiger partial charge in [-0.2, -0.15) is 0 Å². The second-order valence-corrected chi connectivity index (χ2v) is 6.17. The lowest BCUT2D eigenvalue weighted by atomic mass is 10.2. The van der Waals surface area contributed by atoms with E-state index in [4.69, 9.17) is 0 Å². The number of halogens is 1. The number of nitrogens with zero attached hydrogens (tertiary/aromatic N) is 2. The normalized spacial score (nSPS) is 11.0. The Balaban J connectivity index is 2.35. The summed E-state index contributed by atoms with van der Waals surface area (Å²) in [6.45, 7) is 6.91. The first-order valence-corrected chi connectivity index (χ1v) is 8.33. The number of hydrogen-bond donors (Lipinski definition) is 1. The van der Waals surface area contributed by atoms with Crippen molar-refractivity contribution in [3.05, 3.63) is 33.7 Å². The van der Waals surface area contributed by atoms with Crippen LogP contribution in [0.2, 0.25) is 0 Å². The molecule has 0 aromatic carbocycles. The minimum absolute atomic E-state index is 0.0343. The molecule has 0 aliphatic heterocycles. The first-order valence-electron chi connectivity index (χ1n) is 7.53. The van der Waals surface area contributed by atoms with Crippen LogP contribution in [0.4, 0.5) is 0 Å². The van der Waals surface area contributed by atoms with Crippen molar-refractivity contribution in [3.63, 3.8) is 0 Å². The zero-order valence-electron chi connectivity index (χ0n) is 12.9. The molecule has 0 saturated heterocycles. The predicted octanol–water partition coefficient (Wildman–Crippen LogP) is 3.89. The van der Waals surface area contributed by atoms with Gasteiger partial charge >= 0.3 is 0 Å². The molecule has 1 N–H and O–H groups in total. The molecule has 0 atom stereocenters. The third-order valence-corrected chi connectivity index (χ3v) is 3.99. The van der Waals surface area contributed by atoms with Gasteiger partial charge in [0.2, 0.25) is 0 Å². The van der Waals surface area contributed by atoms with Crippen LogP contribution in [-0.2, 0) is 6.42 Å². The van der Waals surface area contributed by atoms with Gasteiger partial charge < -0.3 is 5.32 Å². The van der Waals surface area contributed by atoms with E-state index in [0.717, 1.165) is 53.6 Å². The van der Waals surface area contributed by atoms with Gasteiger partial charge in [-0.1, -0.05) is 26.7 Å². The lowest BCUT2D eigenvalue weighted by Gasteiger charge is -2.07. The average Bonchev–Trinajstić information content (AvgIpc) is 2.82. The highest BCUT2D eigenvalue weighted by molar-refractivity contribution is 9.10. The van der Waals surface area contributed by atoms with Crippen LogP contribution < -0.4 is 5.32 Å². The molecule has 2 aromatic rings. The first-order chi connectivity index (χ1) is 10.1. The van der Waals surface area contributed by atoms with Crippen molar-refractivity contribution in [3.8, 4) is 0 Å². The molecule has 2 aromatic heterocycles. The average molecular weight is 352 g/mol. The molecule has 0 fully saturated rings. The van der Waals surface area contributed by atoms with Crippen LogP contribution in [-0.4, -0.2) is 21.8 Å². The van der Waals surface area contributed by atoms with E-state index in [-0.39, 0.29) is 5.91 Å². The van der Waals surface area contributed by atoms with Gasteiger partial charge in [-0.3, -0.25) is 9.20 Å². The van der Waals surface area contributed by atoms with Crippen molar-refractivity contribution >= 4 is 27.5 Å². The molecule has 0 spiro atoms. The number of unbranched alkanes of at least 4 members (excludes halogenated alkanes) is 2. The molecule has 2 rings (SSSR count). The Kier molecular flexibility index (Phi) is 5.39. The van der Waals surface area contributed by atoms with Crippen LogP contribution in [0.15, 0.2) is 16.7 Å². The van der Waals surface area contributed by atoms with Gasteiger partial charge in [-0.05, 0) is 47.3 Å². The predicted molar refractivity (Wildman–Crippen MR) is 88.9 cm³/mol. The van der Waals surface area contributed by atoms with E-state index in [1.54, 1.807) is 0 Å². The van der Waals surface area contributed by atoms with Gasteiger partial charge in [0, 0.05) is 17.2 Å². The zero-order valence-corrected chi connectivity index (χ0v) is 14.5. The van der Waals surface area contributed by atoms with Crippen molar-refractivity contribution < 1.29 is 4.79 Å². The second-order valence-electron chi connectivity index (χ2n) is 5.26. The van der Waals surface area contributed by atoms with E-state index in [9.17, 15) is 4.79 Å². The highest BCUT2D eigenvalue weighted by Crippen LogP contribution is 2.21. The van der Waals surface area contributed by atoms with Gasteiger partial charge in [-0.25, -0.2) is 4.98 Å². The zero-order chi connectivity index (χ0) is 15.4. The number of nitrogens with one attached hydrogen (secondary N) is 1. The summed E-state index contributed by atoms with van der Waals surface area (Å²) in [5.41, 5.74) is 3.43. The Morgan fingerprint density at radius 1 is 1.38 bits per heavy atom. The summed E-state index contributed by atoms with van der Waals surface area (Å²) in [7, 11) is 0. The Labute approximate surface area is 134 Å². The lowest BCUT2D eigenvalue weighted by Crippen LogP contribution is -2.26. The van der Waals surface area contributed by atoms with Crippen LogP contribution >= 0.6 is 15.9 Å². The number of imidazole rings is 1. The van der Waals surface area contributed by atoms with Crippen molar-refractivity contribution in [2.75, 3.05) is 6.54 Å². The molecular weight excluding hydrogens is 330 g/mol. The van der Waals surface area contributed by atoms with Crippen LogP contribution in [0.3, 0.4) is 0 Å². The third kappa shape index (κ3) is 3.46. The Hall–Kier alpha value is -1.36. The molecule has 114 valence electrons. The summed E-state index contributed by atoms with van der Waals surface area (Å²) in [4.78, 5) is 17.1. The maximum Gasteiger partial charge on any atom is 0.270 e. The minimum Gasteiger partial charge on any atom is -0.351 e. The fourth-order valence-electron chi connectivity index (χ4n) is 2.46. The highest BCUT2D eigenvalue weighted by atomic mass is 79.9. The van der Waals surface area contributed by atoms with Crippen molar-refractivity contribution in [1.29, 1.82) is 0 Å². The maximum atomic E-state index is 12.5. The van der Waals surface area contributed by atoms with Crippen LogP contribution in [0, 0.1) is 6.92 Å². The molecule has 0 saturated carbocycles. The maximum absolute atomic E-state index is 12.5. The fraction of sp³-hybridized carbons (Fsp3) is 0.500. The Morgan fingerprint density at radius 3 is 2.81 bits per heavy atom. The summed E-state index contributed by atoms with van der Waals surface area (Å²) < 4.78 is 2.85. The molecule has 21 heavy (non-hydrogen) atoms. The van der Waals surface area contributed by atoms with E-state index >= 15 is 0 Å². The second kappa shape index (κ2) is 7.07. The van der Waals surface area contributed by atoms with Crippen LogP contribution in [0.5, 0.6) is 0 Å². The van der Waals surface area contributed by atoms with Gasteiger partial charge in [0.1, 0.15) is 11.3 Å². The topological polar surface area (TPSA) is 46.4 Å². The monoisotopic (exact) mass is 351 g/mol. The van der Waals surface area contributed by atoms with E-state index in [2.05, 4.69) is 33.2 Å². The van der Waals surface area contributed by atoms with Gasteiger partial charge in [-0.15, -0.1) is 0 Å². The first kappa shape index (κ1) is 16.0. The minimum atomic E-state index is -0.0343. The molecule has 4 nitrogen and oxygen atoms in total. The molecule has 0 unspecified atom stereocenters. The fourth-order valence-corrected chi connectivity index (χ4v) is 3.01. The summed E-state index contributed by atoms with van der Waals surface area (Å²) >= 11 is 3.49. The number of aromatic nitrogens is 2. The molecular formula is C16H22BrN3O. The summed E-state index contributed by atoms with van der Waals surface area (Å²) in [6, 6.07) is 2.02. The van der Waals surface area contributed by atoms with Crippen molar-refractivity contribution in [2.24, 2.45) is 0 Å². The molecule has 5 heteroatoms. The Morgan fingerprint density at radius 2 is 2.14 bits per heavy atom. The molecule has 0 radical (unpaired) electrons. The number of hydrogen-bond acceptors (Lipinski definition) is 2. The van der Waals surface area contributed by atoms with E-state index in [1.165, 1.54) is 0 Å².